The molecule has 0 aliphatic carbocycles. The Hall–Kier alpha value is -2.02. The van der Waals surface area contributed by atoms with E-state index in [0.29, 0.717) is 35.2 Å². The Bertz CT molecular complexity index is 882. The highest BCUT2D eigenvalue weighted by molar-refractivity contribution is 9.10. The molecule has 4 nitrogen and oxygen atoms in total. The van der Waals surface area contributed by atoms with Crippen LogP contribution in [0.4, 0.5) is 4.39 Å². The average Bonchev–Trinajstić information content (AvgIpc) is 3.17. The number of rotatable bonds is 8. The van der Waals surface area contributed by atoms with E-state index in [9.17, 15) is 4.39 Å². The van der Waals surface area contributed by atoms with Crippen LogP contribution in [0.3, 0.4) is 0 Å². The second kappa shape index (κ2) is 9.26. The molecule has 3 rings (SSSR count). The van der Waals surface area contributed by atoms with Crippen LogP contribution in [0.1, 0.15) is 16.9 Å². The number of hydrogen-bond acceptors (Lipinski definition) is 4. The summed E-state index contributed by atoms with van der Waals surface area (Å²) in [6.07, 6.45) is 1.63. The zero-order valence-corrected chi connectivity index (χ0v) is 16.9. The van der Waals surface area contributed by atoms with E-state index in [1.807, 2.05) is 18.2 Å². The predicted octanol–water partition coefficient (Wildman–Crippen LogP) is 5.71. The van der Waals surface area contributed by atoms with Gasteiger partial charge in [-0.05, 0) is 36.4 Å². The number of methoxy groups -OCH3 is 1. The van der Waals surface area contributed by atoms with Gasteiger partial charge in [0.05, 0.1) is 24.9 Å². The molecule has 2 aromatic carbocycles. The van der Waals surface area contributed by atoms with Gasteiger partial charge in [-0.1, -0.05) is 33.6 Å². The van der Waals surface area contributed by atoms with Crippen LogP contribution in [-0.4, -0.2) is 7.11 Å². The molecule has 0 aliphatic rings. The molecule has 142 valence electrons. The fraction of sp³-hybridized carbons (Fsp3) is 0.200. The van der Waals surface area contributed by atoms with Gasteiger partial charge < -0.3 is 19.2 Å². The molecule has 0 saturated carbocycles. The summed E-state index contributed by atoms with van der Waals surface area (Å²) in [5.41, 5.74) is 1.16. The van der Waals surface area contributed by atoms with E-state index in [1.165, 1.54) is 6.07 Å². The van der Waals surface area contributed by atoms with Gasteiger partial charge in [0.1, 0.15) is 18.2 Å². The lowest BCUT2D eigenvalue weighted by Gasteiger charge is -2.17. The van der Waals surface area contributed by atoms with Gasteiger partial charge in [-0.3, -0.25) is 0 Å². The van der Waals surface area contributed by atoms with Crippen molar-refractivity contribution in [1.82, 2.24) is 5.32 Å². The first kappa shape index (κ1) is 19.7. The fourth-order valence-electron chi connectivity index (χ4n) is 2.60. The van der Waals surface area contributed by atoms with Crippen LogP contribution in [-0.2, 0) is 19.7 Å². The maximum absolute atomic E-state index is 14.0. The first-order valence-electron chi connectivity index (χ1n) is 8.24. The van der Waals surface area contributed by atoms with Gasteiger partial charge in [-0.15, -0.1) is 0 Å². The normalized spacial score (nSPS) is 10.8. The van der Waals surface area contributed by atoms with Crippen molar-refractivity contribution in [3.05, 3.63) is 80.9 Å². The molecular weight excluding hydrogens is 437 g/mol. The Morgan fingerprint density at radius 1 is 1.11 bits per heavy atom. The molecule has 0 aliphatic heterocycles. The lowest BCUT2D eigenvalue weighted by Crippen LogP contribution is -2.14. The first-order valence-corrected chi connectivity index (χ1v) is 9.41. The number of nitrogens with one attached hydrogen (secondary N) is 1. The SMILES string of the molecule is COc1ccc(Br)c(CNCc2ccco2)c1OCc1c(F)cccc1Cl. The zero-order chi connectivity index (χ0) is 19.2. The van der Waals surface area contributed by atoms with E-state index in [4.69, 9.17) is 25.5 Å². The molecule has 1 N–H and O–H groups in total. The predicted molar refractivity (Wildman–Crippen MR) is 106 cm³/mol. The third-order valence-corrected chi connectivity index (χ3v) is 5.09. The van der Waals surface area contributed by atoms with Crippen molar-refractivity contribution in [1.29, 1.82) is 0 Å². The van der Waals surface area contributed by atoms with Crippen LogP contribution in [0.15, 0.2) is 57.6 Å². The van der Waals surface area contributed by atoms with Gasteiger partial charge in [0.2, 0.25) is 0 Å². The quantitative estimate of drug-likeness (QED) is 0.473. The molecule has 0 atom stereocenters. The molecule has 27 heavy (non-hydrogen) atoms. The lowest BCUT2D eigenvalue weighted by molar-refractivity contribution is 0.275. The van der Waals surface area contributed by atoms with E-state index >= 15 is 0 Å². The summed E-state index contributed by atoms with van der Waals surface area (Å²) in [5.74, 6) is 1.50. The maximum Gasteiger partial charge on any atom is 0.167 e. The lowest BCUT2D eigenvalue weighted by atomic mass is 10.1. The molecule has 0 unspecified atom stereocenters. The van der Waals surface area contributed by atoms with Gasteiger partial charge in [0, 0.05) is 22.1 Å². The molecule has 0 spiro atoms. The van der Waals surface area contributed by atoms with Crippen LogP contribution in [0, 0.1) is 5.82 Å². The second-order valence-electron chi connectivity index (χ2n) is 5.73. The highest BCUT2D eigenvalue weighted by Crippen LogP contribution is 2.37. The molecule has 0 radical (unpaired) electrons. The third-order valence-electron chi connectivity index (χ3n) is 3.99. The number of ether oxygens (including phenoxy) is 2. The highest BCUT2D eigenvalue weighted by atomic mass is 79.9. The standard InChI is InChI=1S/C20H18BrClFNO3/c1-25-19-8-7-16(21)14(11-24-10-13-4-3-9-26-13)20(19)27-12-15-17(22)5-2-6-18(15)23/h2-9,24H,10-12H2,1H3. The fourth-order valence-corrected chi connectivity index (χ4v) is 3.27. The van der Waals surface area contributed by atoms with Gasteiger partial charge in [0.25, 0.3) is 0 Å². The molecule has 3 aromatic rings. The molecular formula is C20H18BrClFNO3. The molecule has 0 fully saturated rings. The first-order chi connectivity index (χ1) is 13.1. The van der Waals surface area contributed by atoms with Crippen molar-refractivity contribution < 1.29 is 18.3 Å². The molecule has 7 heteroatoms. The van der Waals surface area contributed by atoms with Crippen molar-refractivity contribution in [3.8, 4) is 11.5 Å². The summed E-state index contributed by atoms with van der Waals surface area (Å²) in [4.78, 5) is 0. The van der Waals surface area contributed by atoms with Crippen molar-refractivity contribution in [3.63, 3.8) is 0 Å². The Labute approximate surface area is 170 Å². The van der Waals surface area contributed by atoms with E-state index in [1.54, 1.807) is 31.6 Å². The summed E-state index contributed by atoms with van der Waals surface area (Å²) in [6, 6.07) is 12.0. The van der Waals surface area contributed by atoms with Gasteiger partial charge in [-0.25, -0.2) is 4.39 Å². The van der Waals surface area contributed by atoms with Crippen LogP contribution in [0.2, 0.25) is 5.02 Å². The minimum atomic E-state index is -0.408. The average molecular weight is 455 g/mol. The number of halogens is 3. The molecule has 0 bridgehead atoms. The Kier molecular flexibility index (Phi) is 6.77. The van der Waals surface area contributed by atoms with Crippen LogP contribution in [0.5, 0.6) is 11.5 Å². The maximum atomic E-state index is 14.0. The van der Waals surface area contributed by atoms with Crippen molar-refractivity contribution >= 4 is 27.5 Å². The topological polar surface area (TPSA) is 43.6 Å². The summed E-state index contributed by atoms with van der Waals surface area (Å²) in [5, 5.41) is 3.62. The van der Waals surface area contributed by atoms with Crippen molar-refractivity contribution in [2.45, 2.75) is 19.7 Å². The Morgan fingerprint density at radius 2 is 1.96 bits per heavy atom. The monoisotopic (exact) mass is 453 g/mol. The largest absolute Gasteiger partial charge is 0.493 e. The number of benzene rings is 2. The summed E-state index contributed by atoms with van der Waals surface area (Å²) >= 11 is 9.64. The Morgan fingerprint density at radius 3 is 2.67 bits per heavy atom. The summed E-state index contributed by atoms with van der Waals surface area (Å²) in [7, 11) is 1.56. The molecule has 1 heterocycles. The highest BCUT2D eigenvalue weighted by Gasteiger charge is 2.16. The van der Waals surface area contributed by atoms with E-state index in [-0.39, 0.29) is 6.61 Å². The zero-order valence-electron chi connectivity index (χ0n) is 14.6. The molecule has 0 saturated heterocycles. The molecule has 0 amide bonds. The van der Waals surface area contributed by atoms with Gasteiger partial charge in [0.15, 0.2) is 11.5 Å². The van der Waals surface area contributed by atoms with Crippen LogP contribution >= 0.6 is 27.5 Å². The van der Waals surface area contributed by atoms with Crippen molar-refractivity contribution in [2.75, 3.05) is 7.11 Å². The third kappa shape index (κ3) is 4.83. The van der Waals surface area contributed by atoms with Crippen molar-refractivity contribution in [2.24, 2.45) is 0 Å². The number of hydrogen-bond donors (Lipinski definition) is 1. The smallest absolute Gasteiger partial charge is 0.167 e. The summed E-state index contributed by atoms with van der Waals surface area (Å²) < 4.78 is 31.6. The number of furan rings is 1. The second-order valence-corrected chi connectivity index (χ2v) is 6.99. The van der Waals surface area contributed by atoms with Gasteiger partial charge >= 0.3 is 0 Å². The van der Waals surface area contributed by atoms with E-state index < -0.39 is 5.82 Å². The minimum absolute atomic E-state index is 0.0104. The summed E-state index contributed by atoms with van der Waals surface area (Å²) in [6.45, 7) is 1.05. The van der Waals surface area contributed by atoms with E-state index in [0.717, 1.165) is 15.8 Å². The van der Waals surface area contributed by atoms with Crippen LogP contribution in [0.25, 0.3) is 0 Å². The van der Waals surface area contributed by atoms with Crippen LogP contribution < -0.4 is 14.8 Å². The Balaban J connectivity index is 1.80. The minimum Gasteiger partial charge on any atom is -0.493 e. The van der Waals surface area contributed by atoms with E-state index in [2.05, 4.69) is 21.2 Å². The molecule has 1 aromatic heterocycles. The van der Waals surface area contributed by atoms with Gasteiger partial charge in [-0.2, -0.15) is 0 Å².